The van der Waals surface area contributed by atoms with Crippen molar-refractivity contribution in [3.8, 4) is 6.07 Å². The van der Waals surface area contributed by atoms with Gasteiger partial charge in [0.05, 0.1) is 24.7 Å². The average Bonchev–Trinajstić information content (AvgIpc) is 2.28. The number of halogens is 1. The lowest BCUT2D eigenvalue weighted by Crippen LogP contribution is -2.09. The van der Waals surface area contributed by atoms with Crippen molar-refractivity contribution in [2.75, 3.05) is 6.61 Å². The summed E-state index contributed by atoms with van der Waals surface area (Å²) in [5.74, 6) is 0.0395. The second-order valence-electron chi connectivity index (χ2n) is 3.67. The number of hydrogen-bond donors (Lipinski definition) is 0. The van der Waals surface area contributed by atoms with Gasteiger partial charge in [-0.25, -0.2) is 0 Å². The number of aryl methyl sites for hydroxylation is 1. The fourth-order valence-electron chi connectivity index (χ4n) is 1.69. The van der Waals surface area contributed by atoms with E-state index in [0.29, 0.717) is 23.6 Å². The van der Waals surface area contributed by atoms with Gasteiger partial charge in [0.2, 0.25) is 0 Å². The van der Waals surface area contributed by atoms with E-state index in [-0.39, 0.29) is 12.4 Å². The number of nitriles is 1. The monoisotopic (exact) mass is 251 g/mol. The third kappa shape index (κ3) is 3.47. The Bertz CT molecular complexity index is 463. The van der Waals surface area contributed by atoms with E-state index in [0.717, 1.165) is 11.1 Å². The van der Waals surface area contributed by atoms with E-state index >= 15 is 0 Å². The Labute approximate surface area is 106 Å². The largest absolute Gasteiger partial charge is 0.466 e. The predicted molar refractivity (Wildman–Crippen MR) is 65.8 cm³/mol. The number of nitrogens with zero attached hydrogens (tertiary/aromatic N) is 1. The first-order valence-electron chi connectivity index (χ1n) is 5.36. The molecule has 17 heavy (non-hydrogen) atoms. The molecule has 1 rings (SSSR count). The van der Waals surface area contributed by atoms with Crippen LogP contribution in [0.25, 0.3) is 0 Å². The number of hydrogen-bond acceptors (Lipinski definition) is 3. The third-order valence-corrected chi connectivity index (χ3v) is 2.69. The molecule has 0 atom stereocenters. The van der Waals surface area contributed by atoms with E-state index in [1.54, 1.807) is 13.0 Å². The van der Waals surface area contributed by atoms with Crippen molar-refractivity contribution < 1.29 is 9.53 Å². The molecular weight excluding hydrogens is 238 g/mol. The zero-order valence-electron chi connectivity index (χ0n) is 9.92. The molecule has 90 valence electrons. The highest BCUT2D eigenvalue weighted by Crippen LogP contribution is 2.19. The maximum atomic E-state index is 11.4. The van der Waals surface area contributed by atoms with Crippen LogP contribution in [0, 0.1) is 18.3 Å². The van der Waals surface area contributed by atoms with Gasteiger partial charge in [-0.1, -0.05) is 12.1 Å². The van der Waals surface area contributed by atoms with E-state index in [4.69, 9.17) is 21.6 Å². The summed E-state index contributed by atoms with van der Waals surface area (Å²) in [5, 5.41) is 9.07. The van der Waals surface area contributed by atoms with Crippen LogP contribution in [0.4, 0.5) is 0 Å². The normalized spacial score (nSPS) is 9.76. The van der Waals surface area contributed by atoms with Crippen LogP contribution in [0.5, 0.6) is 0 Å². The molecule has 1 aromatic rings. The van der Waals surface area contributed by atoms with Gasteiger partial charge in [0.15, 0.2) is 0 Å². The minimum atomic E-state index is -0.324. The molecule has 0 aliphatic heterocycles. The molecular formula is C13H14ClNO2. The number of carbonyl (C=O) groups excluding carboxylic acids is 1. The van der Waals surface area contributed by atoms with E-state index in [9.17, 15) is 4.79 Å². The summed E-state index contributed by atoms with van der Waals surface area (Å²) in [6.07, 6.45) is 0.113. The number of esters is 1. The minimum absolute atomic E-state index is 0.113. The van der Waals surface area contributed by atoms with Crippen LogP contribution in [0.1, 0.15) is 29.2 Å². The Kier molecular flexibility index (Phi) is 4.99. The summed E-state index contributed by atoms with van der Waals surface area (Å²) in [5.41, 5.74) is 2.96. The predicted octanol–water partition coefficient (Wildman–Crippen LogP) is 2.71. The van der Waals surface area contributed by atoms with Crippen molar-refractivity contribution in [3.63, 3.8) is 0 Å². The summed E-state index contributed by atoms with van der Waals surface area (Å²) >= 11 is 5.77. The molecule has 0 bridgehead atoms. The summed E-state index contributed by atoms with van der Waals surface area (Å²) < 4.78 is 4.88. The van der Waals surface area contributed by atoms with Gasteiger partial charge >= 0.3 is 5.97 Å². The van der Waals surface area contributed by atoms with E-state index in [1.165, 1.54) is 0 Å². The fraction of sp³-hybridized carbons (Fsp3) is 0.385. The summed E-state index contributed by atoms with van der Waals surface area (Å²) in [4.78, 5) is 11.4. The number of rotatable bonds is 4. The molecule has 3 nitrogen and oxygen atoms in total. The summed E-state index contributed by atoms with van der Waals surface area (Å²) in [6, 6.07) is 5.76. The van der Waals surface area contributed by atoms with Gasteiger partial charge < -0.3 is 4.74 Å². The first-order chi connectivity index (χ1) is 8.12. The Balaban J connectivity index is 3.08. The smallest absolute Gasteiger partial charge is 0.310 e. The van der Waals surface area contributed by atoms with Crippen molar-refractivity contribution in [1.29, 1.82) is 5.26 Å². The second-order valence-corrected chi connectivity index (χ2v) is 3.94. The molecule has 0 N–H and O–H groups in total. The number of carbonyl (C=O) groups is 1. The minimum Gasteiger partial charge on any atom is -0.466 e. The molecule has 0 radical (unpaired) electrons. The highest BCUT2D eigenvalue weighted by atomic mass is 35.5. The van der Waals surface area contributed by atoms with Crippen molar-refractivity contribution in [3.05, 3.63) is 34.4 Å². The lowest BCUT2D eigenvalue weighted by atomic mass is 9.98. The van der Waals surface area contributed by atoms with Crippen LogP contribution in [0.15, 0.2) is 12.1 Å². The fourth-order valence-corrected chi connectivity index (χ4v) is 1.84. The van der Waals surface area contributed by atoms with Gasteiger partial charge in [0.1, 0.15) is 0 Å². The lowest BCUT2D eigenvalue weighted by molar-refractivity contribution is -0.142. The first kappa shape index (κ1) is 13.5. The Morgan fingerprint density at radius 2 is 2.24 bits per heavy atom. The molecule has 0 saturated heterocycles. The van der Waals surface area contributed by atoms with Crippen LogP contribution in [0.2, 0.25) is 0 Å². The lowest BCUT2D eigenvalue weighted by Gasteiger charge is -2.08. The number of alkyl halides is 1. The van der Waals surface area contributed by atoms with Crippen LogP contribution in [-0.4, -0.2) is 12.6 Å². The molecule has 0 aliphatic carbocycles. The van der Waals surface area contributed by atoms with Crippen molar-refractivity contribution in [2.45, 2.75) is 26.1 Å². The molecule has 0 aromatic heterocycles. The third-order valence-electron chi connectivity index (χ3n) is 2.38. The molecule has 0 fully saturated rings. The first-order valence-corrected chi connectivity index (χ1v) is 5.89. The molecule has 0 amide bonds. The standard InChI is InChI=1S/C13H14ClNO2/c1-3-17-13(16)6-11-5-10(7-14)4-9(2)12(11)8-15/h4-5H,3,6-7H2,1-2H3. The number of ether oxygens (including phenoxy) is 1. The average molecular weight is 252 g/mol. The van der Waals surface area contributed by atoms with Gasteiger partial charge in [0, 0.05) is 5.88 Å². The second kappa shape index (κ2) is 6.27. The van der Waals surface area contributed by atoms with Crippen molar-refractivity contribution in [1.82, 2.24) is 0 Å². The molecule has 1 aromatic carbocycles. The SMILES string of the molecule is CCOC(=O)Cc1cc(CCl)cc(C)c1C#N. The van der Waals surface area contributed by atoms with E-state index in [1.807, 2.05) is 13.0 Å². The van der Waals surface area contributed by atoms with Crippen LogP contribution in [0.3, 0.4) is 0 Å². The van der Waals surface area contributed by atoms with Gasteiger partial charge in [-0.05, 0) is 30.5 Å². The molecule has 0 unspecified atom stereocenters. The maximum absolute atomic E-state index is 11.4. The topological polar surface area (TPSA) is 50.1 Å². The van der Waals surface area contributed by atoms with Crippen LogP contribution < -0.4 is 0 Å². The Hall–Kier alpha value is -1.53. The quantitative estimate of drug-likeness (QED) is 0.611. The van der Waals surface area contributed by atoms with E-state index < -0.39 is 0 Å². The zero-order chi connectivity index (χ0) is 12.8. The van der Waals surface area contributed by atoms with Gasteiger partial charge in [-0.2, -0.15) is 5.26 Å². The molecule has 0 aliphatic rings. The molecule has 0 saturated carbocycles. The van der Waals surface area contributed by atoms with Gasteiger partial charge in [0.25, 0.3) is 0 Å². The van der Waals surface area contributed by atoms with Crippen molar-refractivity contribution in [2.24, 2.45) is 0 Å². The highest BCUT2D eigenvalue weighted by molar-refractivity contribution is 6.17. The molecule has 0 spiro atoms. The van der Waals surface area contributed by atoms with E-state index in [2.05, 4.69) is 6.07 Å². The highest BCUT2D eigenvalue weighted by Gasteiger charge is 2.12. The van der Waals surface area contributed by atoms with Crippen LogP contribution >= 0.6 is 11.6 Å². The summed E-state index contributed by atoms with van der Waals surface area (Å²) in [6.45, 7) is 3.93. The van der Waals surface area contributed by atoms with Crippen LogP contribution in [-0.2, 0) is 21.8 Å². The van der Waals surface area contributed by atoms with Gasteiger partial charge in [-0.3, -0.25) is 4.79 Å². The van der Waals surface area contributed by atoms with Gasteiger partial charge in [-0.15, -0.1) is 11.6 Å². The molecule has 4 heteroatoms. The van der Waals surface area contributed by atoms with Crippen molar-refractivity contribution >= 4 is 17.6 Å². The Morgan fingerprint density at radius 1 is 1.53 bits per heavy atom. The molecule has 0 heterocycles. The zero-order valence-corrected chi connectivity index (χ0v) is 10.7. The summed E-state index contributed by atoms with van der Waals surface area (Å²) in [7, 11) is 0. The Morgan fingerprint density at radius 3 is 2.76 bits per heavy atom. The number of benzene rings is 1. The maximum Gasteiger partial charge on any atom is 0.310 e.